The quantitative estimate of drug-likeness (QED) is 0.857. The van der Waals surface area contributed by atoms with Gasteiger partial charge in [-0.3, -0.25) is 0 Å². The summed E-state index contributed by atoms with van der Waals surface area (Å²) < 4.78 is 33.7. The van der Waals surface area contributed by atoms with Crippen molar-refractivity contribution in [1.82, 2.24) is 10.0 Å². The smallest absolute Gasteiger partial charge is 0.244 e. The Morgan fingerprint density at radius 2 is 2.20 bits per heavy atom. The van der Waals surface area contributed by atoms with Gasteiger partial charge in [-0.25, -0.2) is 13.1 Å². The van der Waals surface area contributed by atoms with Gasteiger partial charge in [0.15, 0.2) is 0 Å². The molecule has 0 bridgehead atoms. The van der Waals surface area contributed by atoms with Crippen molar-refractivity contribution in [1.29, 1.82) is 0 Å². The fraction of sp³-hybridized carbons (Fsp3) is 0.538. The summed E-state index contributed by atoms with van der Waals surface area (Å²) in [6.07, 6.45) is 1.80. The van der Waals surface area contributed by atoms with Crippen LogP contribution in [0.3, 0.4) is 0 Å². The lowest BCUT2D eigenvalue weighted by molar-refractivity contribution is 0.347. The lowest BCUT2D eigenvalue weighted by Crippen LogP contribution is -2.51. The fourth-order valence-corrected chi connectivity index (χ4v) is 4.39. The van der Waals surface area contributed by atoms with Crippen LogP contribution >= 0.6 is 15.9 Å². The van der Waals surface area contributed by atoms with E-state index in [1.165, 1.54) is 7.11 Å². The van der Waals surface area contributed by atoms with E-state index in [-0.39, 0.29) is 17.0 Å². The highest BCUT2D eigenvalue weighted by Gasteiger charge is 2.28. The molecule has 0 radical (unpaired) electrons. The molecule has 1 aliphatic heterocycles. The van der Waals surface area contributed by atoms with Gasteiger partial charge in [0.1, 0.15) is 10.6 Å². The first-order valence-corrected chi connectivity index (χ1v) is 8.81. The normalized spacial score (nSPS) is 23.6. The van der Waals surface area contributed by atoms with Crippen molar-refractivity contribution in [2.75, 3.05) is 13.7 Å². The minimum absolute atomic E-state index is 0.0996. The average molecular weight is 363 g/mol. The van der Waals surface area contributed by atoms with Crippen LogP contribution < -0.4 is 14.8 Å². The summed E-state index contributed by atoms with van der Waals surface area (Å²) in [5.41, 5.74) is 0. The number of benzene rings is 1. The maximum atomic E-state index is 12.5. The monoisotopic (exact) mass is 362 g/mol. The predicted molar refractivity (Wildman–Crippen MR) is 81.5 cm³/mol. The summed E-state index contributed by atoms with van der Waals surface area (Å²) in [5, 5.41) is 3.28. The van der Waals surface area contributed by atoms with Crippen molar-refractivity contribution in [3.63, 3.8) is 0 Å². The van der Waals surface area contributed by atoms with Crippen LogP contribution in [0.2, 0.25) is 0 Å². The van der Waals surface area contributed by atoms with Gasteiger partial charge in [-0.05, 0) is 44.5 Å². The van der Waals surface area contributed by atoms with Crippen LogP contribution in [0.1, 0.15) is 19.8 Å². The second kappa shape index (κ2) is 6.43. The van der Waals surface area contributed by atoms with Crippen LogP contribution in [0.25, 0.3) is 0 Å². The molecule has 2 atom stereocenters. The Balaban J connectivity index is 2.28. The zero-order valence-corrected chi connectivity index (χ0v) is 13.9. The maximum Gasteiger partial charge on any atom is 0.244 e. The minimum Gasteiger partial charge on any atom is -0.495 e. The summed E-state index contributed by atoms with van der Waals surface area (Å²) in [6, 6.07) is 4.97. The van der Waals surface area contributed by atoms with Crippen LogP contribution in [-0.2, 0) is 10.0 Å². The van der Waals surface area contributed by atoms with Gasteiger partial charge in [-0.1, -0.05) is 15.9 Å². The Hall–Kier alpha value is -0.630. The van der Waals surface area contributed by atoms with Crippen molar-refractivity contribution >= 4 is 26.0 Å². The van der Waals surface area contributed by atoms with E-state index in [0.29, 0.717) is 10.2 Å². The summed E-state index contributed by atoms with van der Waals surface area (Å²) in [4.78, 5) is 0.159. The average Bonchev–Trinajstić information content (AvgIpc) is 2.41. The summed E-state index contributed by atoms with van der Waals surface area (Å²) in [6.45, 7) is 2.92. The highest BCUT2D eigenvalue weighted by molar-refractivity contribution is 9.10. The Morgan fingerprint density at radius 1 is 1.45 bits per heavy atom. The van der Waals surface area contributed by atoms with Crippen molar-refractivity contribution in [2.24, 2.45) is 0 Å². The van der Waals surface area contributed by atoms with Crippen molar-refractivity contribution in [3.05, 3.63) is 22.7 Å². The van der Waals surface area contributed by atoms with E-state index < -0.39 is 10.0 Å². The van der Waals surface area contributed by atoms with Crippen LogP contribution in [0.5, 0.6) is 5.75 Å². The number of sulfonamides is 1. The highest BCUT2D eigenvalue weighted by Crippen LogP contribution is 2.27. The third-order valence-electron chi connectivity index (χ3n) is 3.48. The van der Waals surface area contributed by atoms with Gasteiger partial charge in [-0.15, -0.1) is 0 Å². The first-order chi connectivity index (χ1) is 9.44. The number of hydrogen-bond donors (Lipinski definition) is 2. The topological polar surface area (TPSA) is 67.4 Å². The van der Waals surface area contributed by atoms with E-state index in [0.717, 1.165) is 19.4 Å². The molecule has 2 N–H and O–H groups in total. The molecule has 0 aliphatic carbocycles. The molecular weight excluding hydrogens is 344 g/mol. The van der Waals surface area contributed by atoms with E-state index in [9.17, 15) is 8.42 Å². The second-order valence-electron chi connectivity index (χ2n) is 4.91. The van der Waals surface area contributed by atoms with Gasteiger partial charge in [0, 0.05) is 16.6 Å². The van der Waals surface area contributed by atoms with E-state index in [2.05, 4.69) is 26.0 Å². The Labute approximate surface area is 128 Å². The first kappa shape index (κ1) is 15.8. The molecule has 5 nitrogen and oxygen atoms in total. The van der Waals surface area contributed by atoms with Crippen molar-refractivity contribution < 1.29 is 13.2 Å². The third-order valence-corrected chi connectivity index (χ3v) is 5.49. The van der Waals surface area contributed by atoms with Crippen LogP contribution in [0.4, 0.5) is 0 Å². The van der Waals surface area contributed by atoms with Crippen molar-refractivity contribution in [3.8, 4) is 5.75 Å². The lowest BCUT2D eigenvalue weighted by atomic mass is 10.0. The number of piperidine rings is 1. The molecule has 2 rings (SSSR count). The number of methoxy groups -OCH3 is 1. The molecule has 0 aromatic heterocycles. The molecule has 1 aromatic rings. The van der Waals surface area contributed by atoms with Crippen LogP contribution in [0, 0.1) is 0 Å². The summed E-state index contributed by atoms with van der Waals surface area (Å²) in [7, 11) is -2.14. The largest absolute Gasteiger partial charge is 0.495 e. The standard InChI is InChI=1S/C13H19BrN2O3S/c1-9-11(4-3-7-15-9)16-20(17,18)13-8-10(14)5-6-12(13)19-2/h5-6,8-9,11,15-16H,3-4,7H2,1-2H3. The van der Waals surface area contributed by atoms with Gasteiger partial charge in [0.25, 0.3) is 0 Å². The number of halogens is 1. The molecule has 112 valence electrons. The Bertz CT molecular complexity index is 577. The second-order valence-corrected chi connectivity index (χ2v) is 7.51. The summed E-state index contributed by atoms with van der Waals surface area (Å²) >= 11 is 3.29. The van der Waals surface area contributed by atoms with Gasteiger partial charge in [-0.2, -0.15) is 0 Å². The maximum absolute atomic E-state index is 12.5. The zero-order valence-electron chi connectivity index (χ0n) is 11.5. The number of rotatable bonds is 4. The lowest BCUT2D eigenvalue weighted by Gasteiger charge is -2.30. The minimum atomic E-state index is -3.60. The molecular formula is C13H19BrN2O3S. The van der Waals surface area contributed by atoms with Gasteiger partial charge >= 0.3 is 0 Å². The fourth-order valence-electron chi connectivity index (χ4n) is 2.33. The molecule has 0 amide bonds. The third kappa shape index (κ3) is 3.52. The molecule has 1 saturated heterocycles. The summed E-state index contributed by atoms with van der Waals surface area (Å²) in [5.74, 6) is 0.345. The van der Waals surface area contributed by atoms with Gasteiger partial charge in [0.05, 0.1) is 7.11 Å². The Kier molecular flexibility index (Phi) is 5.06. The predicted octanol–water partition coefficient (Wildman–Crippen LogP) is 1.88. The van der Waals surface area contributed by atoms with Gasteiger partial charge < -0.3 is 10.1 Å². The molecule has 1 aliphatic rings. The van der Waals surface area contributed by atoms with E-state index in [1.54, 1.807) is 18.2 Å². The van der Waals surface area contributed by atoms with E-state index >= 15 is 0 Å². The first-order valence-electron chi connectivity index (χ1n) is 6.53. The SMILES string of the molecule is COc1ccc(Br)cc1S(=O)(=O)NC1CCCNC1C. The molecule has 1 aromatic carbocycles. The molecule has 20 heavy (non-hydrogen) atoms. The molecule has 1 fully saturated rings. The molecule has 7 heteroatoms. The Morgan fingerprint density at radius 3 is 2.85 bits per heavy atom. The van der Waals surface area contributed by atoms with E-state index in [4.69, 9.17) is 4.74 Å². The highest BCUT2D eigenvalue weighted by atomic mass is 79.9. The number of ether oxygens (including phenoxy) is 1. The van der Waals surface area contributed by atoms with E-state index in [1.807, 2.05) is 6.92 Å². The van der Waals surface area contributed by atoms with Crippen LogP contribution in [-0.4, -0.2) is 34.2 Å². The van der Waals surface area contributed by atoms with Crippen LogP contribution in [0.15, 0.2) is 27.6 Å². The number of nitrogens with one attached hydrogen (secondary N) is 2. The molecule has 1 heterocycles. The zero-order chi connectivity index (χ0) is 14.8. The van der Waals surface area contributed by atoms with Crippen molar-refractivity contribution in [2.45, 2.75) is 36.7 Å². The molecule has 2 unspecified atom stereocenters. The van der Waals surface area contributed by atoms with Gasteiger partial charge in [0.2, 0.25) is 10.0 Å². The molecule has 0 spiro atoms. The number of hydrogen-bond acceptors (Lipinski definition) is 4. The molecule has 0 saturated carbocycles.